The minimum Gasteiger partial charge on any atom is -0.449 e. The molecular weight excluding hydrogens is 450 g/mol. The average Bonchev–Trinajstić information content (AvgIpc) is 3.35. The second-order valence-electron chi connectivity index (χ2n) is 9.07. The maximum atomic E-state index is 13.3. The summed E-state index contributed by atoms with van der Waals surface area (Å²) in [6, 6.07) is 19.3. The van der Waals surface area contributed by atoms with Crippen LogP contribution in [0.25, 0.3) is 11.3 Å². The number of rotatable bonds is 3. The lowest BCUT2D eigenvalue weighted by Gasteiger charge is -2.20. The lowest BCUT2D eigenvalue weighted by atomic mass is 10.00. The minimum atomic E-state index is -0.728. The normalized spacial score (nSPS) is 16.0. The standard InChI is InChI=1S/C27H26ClN3O3/c1-16-5-7-19(8-6-16)25-21(18-9-11-20(28)12-10-18)15-31(30-25)26(32)29-22-14-24-23(13-17(22)2)33-27(3,4)34-24/h5-14,30H,15H2,1-4H3,(H,29,32). The van der Waals surface area contributed by atoms with Crippen molar-refractivity contribution in [3.8, 4) is 11.5 Å². The third kappa shape index (κ3) is 4.29. The molecule has 2 N–H and O–H groups in total. The minimum absolute atomic E-state index is 0.269. The predicted molar refractivity (Wildman–Crippen MR) is 135 cm³/mol. The highest BCUT2D eigenvalue weighted by Crippen LogP contribution is 2.42. The maximum Gasteiger partial charge on any atom is 0.340 e. The average molecular weight is 476 g/mol. The van der Waals surface area contributed by atoms with Crippen molar-refractivity contribution in [3.63, 3.8) is 0 Å². The fourth-order valence-electron chi connectivity index (χ4n) is 4.14. The molecule has 2 aliphatic heterocycles. The molecule has 0 unspecified atom stereocenters. The number of benzene rings is 3. The molecule has 0 fully saturated rings. The Kier molecular flexibility index (Phi) is 5.41. The summed E-state index contributed by atoms with van der Waals surface area (Å²) in [5.74, 6) is 0.558. The van der Waals surface area contributed by atoms with Crippen molar-refractivity contribution in [2.24, 2.45) is 0 Å². The predicted octanol–water partition coefficient (Wildman–Crippen LogP) is 6.38. The van der Waals surface area contributed by atoms with E-state index in [1.165, 1.54) is 5.56 Å². The van der Waals surface area contributed by atoms with Crippen LogP contribution in [0.3, 0.4) is 0 Å². The molecule has 3 aromatic rings. The van der Waals surface area contributed by atoms with Crippen LogP contribution in [0.5, 0.6) is 11.5 Å². The zero-order valence-corrected chi connectivity index (χ0v) is 20.3. The first-order chi connectivity index (χ1) is 16.2. The van der Waals surface area contributed by atoms with Crippen molar-refractivity contribution in [1.29, 1.82) is 0 Å². The highest BCUT2D eigenvalue weighted by Gasteiger charge is 2.33. The summed E-state index contributed by atoms with van der Waals surface area (Å²) in [4.78, 5) is 13.3. The van der Waals surface area contributed by atoms with E-state index in [1.54, 1.807) is 5.01 Å². The van der Waals surface area contributed by atoms with Gasteiger partial charge in [0.25, 0.3) is 0 Å². The maximum absolute atomic E-state index is 13.3. The van der Waals surface area contributed by atoms with Crippen molar-refractivity contribution in [2.75, 3.05) is 11.9 Å². The van der Waals surface area contributed by atoms with E-state index in [0.717, 1.165) is 28.0 Å². The smallest absolute Gasteiger partial charge is 0.340 e. The second kappa shape index (κ2) is 8.29. The Hall–Kier alpha value is -3.64. The Bertz CT molecular complexity index is 1240. The number of carbonyl (C=O) groups is 1. The molecule has 2 heterocycles. The molecule has 7 heteroatoms. The molecule has 5 rings (SSSR count). The highest BCUT2D eigenvalue weighted by atomic mass is 35.5. The van der Waals surface area contributed by atoms with Crippen molar-refractivity contribution < 1.29 is 14.3 Å². The number of fused-ring (bicyclic) bond motifs is 1. The van der Waals surface area contributed by atoms with Gasteiger partial charge < -0.3 is 14.8 Å². The van der Waals surface area contributed by atoms with Crippen molar-refractivity contribution in [2.45, 2.75) is 33.5 Å². The molecule has 34 heavy (non-hydrogen) atoms. The van der Waals surface area contributed by atoms with E-state index in [4.69, 9.17) is 21.1 Å². The van der Waals surface area contributed by atoms with E-state index < -0.39 is 5.79 Å². The van der Waals surface area contributed by atoms with Crippen LogP contribution in [-0.2, 0) is 0 Å². The van der Waals surface area contributed by atoms with Gasteiger partial charge in [-0.1, -0.05) is 53.6 Å². The van der Waals surface area contributed by atoms with Crippen LogP contribution < -0.4 is 20.2 Å². The number of nitrogens with zero attached hydrogens (tertiary/aromatic N) is 1. The molecule has 6 nitrogen and oxygen atoms in total. The molecule has 174 valence electrons. The van der Waals surface area contributed by atoms with Crippen LogP contribution in [0.1, 0.15) is 36.1 Å². The van der Waals surface area contributed by atoms with E-state index >= 15 is 0 Å². The summed E-state index contributed by atoms with van der Waals surface area (Å²) in [5.41, 5.74) is 9.95. The van der Waals surface area contributed by atoms with Gasteiger partial charge in [-0.25, -0.2) is 9.80 Å². The Morgan fingerprint density at radius 1 is 0.971 bits per heavy atom. The van der Waals surface area contributed by atoms with E-state index in [0.29, 0.717) is 28.8 Å². The van der Waals surface area contributed by atoms with E-state index in [-0.39, 0.29) is 6.03 Å². The van der Waals surface area contributed by atoms with Gasteiger partial charge in [0, 0.05) is 36.2 Å². The third-order valence-electron chi connectivity index (χ3n) is 5.89. The van der Waals surface area contributed by atoms with Gasteiger partial charge >= 0.3 is 6.03 Å². The lowest BCUT2D eigenvalue weighted by Crippen LogP contribution is -2.40. The quantitative estimate of drug-likeness (QED) is 0.461. The second-order valence-corrected chi connectivity index (χ2v) is 9.51. The first-order valence-electron chi connectivity index (χ1n) is 11.1. The zero-order chi connectivity index (χ0) is 24.0. The summed E-state index contributed by atoms with van der Waals surface area (Å²) >= 11 is 6.11. The molecule has 0 bridgehead atoms. The number of nitrogens with one attached hydrogen (secondary N) is 2. The van der Waals surface area contributed by atoms with E-state index in [9.17, 15) is 4.79 Å². The molecule has 0 radical (unpaired) electrons. The summed E-state index contributed by atoms with van der Waals surface area (Å²) in [6.07, 6.45) is 0. The molecule has 2 aliphatic rings. The van der Waals surface area contributed by atoms with Crippen LogP contribution in [0, 0.1) is 13.8 Å². The molecule has 0 aromatic heterocycles. The number of hydrogen-bond acceptors (Lipinski definition) is 4. The van der Waals surface area contributed by atoms with Crippen LogP contribution in [0.2, 0.25) is 5.02 Å². The molecule has 0 spiro atoms. The van der Waals surface area contributed by atoms with Crippen molar-refractivity contribution in [3.05, 3.63) is 87.9 Å². The SMILES string of the molecule is Cc1ccc(C2=C(c3ccc(Cl)cc3)CN(C(=O)Nc3cc4c(cc3C)OC(C)(C)O4)N2)cc1. The Balaban J connectivity index is 1.41. The number of anilines is 1. The van der Waals surface area contributed by atoms with Gasteiger partial charge in [0.1, 0.15) is 0 Å². The van der Waals surface area contributed by atoms with Gasteiger partial charge in [-0.2, -0.15) is 0 Å². The summed E-state index contributed by atoms with van der Waals surface area (Å²) in [7, 11) is 0. The molecular formula is C27H26ClN3O3. The summed E-state index contributed by atoms with van der Waals surface area (Å²) in [5, 5.41) is 5.26. The number of aryl methyl sites for hydroxylation is 2. The Labute approximate surface area is 204 Å². The molecule has 2 amide bonds. The van der Waals surface area contributed by atoms with Crippen molar-refractivity contribution >= 4 is 34.6 Å². The fourth-order valence-corrected chi connectivity index (χ4v) is 4.26. The summed E-state index contributed by atoms with van der Waals surface area (Å²) in [6.45, 7) is 8.08. The molecule has 3 aromatic carbocycles. The Morgan fingerprint density at radius 3 is 2.26 bits per heavy atom. The number of carbonyl (C=O) groups excluding carboxylic acids is 1. The van der Waals surface area contributed by atoms with Crippen LogP contribution in [0.4, 0.5) is 10.5 Å². The number of halogens is 1. The first-order valence-corrected chi connectivity index (χ1v) is 11.5. The lowest BCUT2D eigenvalue weighted by molar-refractivity contribution is -0.0431. The molecule has 0 atom stereocenters. The third-order valence-corrected chi connectivity index (χ3v) is 6.14. The van der Waals surface area contributed by atoms with Crippen molar-refractivity contribution in [1.82, 2.24) is 10.4 Å². The Morgan fingerprint density at radius 2 is 1.59 bits per heavy atom. The largest absolute Gasteiger partial charge is 0.449 e. The van der Waals surface area contributed by atoms with Crippen LogP contribution in [0.15, 0.2) is 60.7 Å². The topological polar surface area (TPSA) is 62.8 Å². The van der Waals surface area contributed by atoms with Crippen LogP contribution >= 0.6 is 11.6 Å². The molecule has 0 aliphatic carbocycles. The van der Waals surface area contributed by atoms with Gasteiger partial charge in [-0.3, -0.25) is 5.43 Å². The monoisotopic (exact) mass is 475 g/mol. The zero-order valence-electron chi connectivity index (χ0n) is 19.5. The number of urea groups is 1. The first kappa shape index (κ1) is 22.2. The van der Waals surface area contributed by atoms with Gasteiger partial charge in [0.15, 0.2) is 11.5 Å². The highest BCUT2D eigenvalue weighted by molar-refractivity contribution is 6.30. The number of amides is 2. The molecule has 0 saturated carbocycles. The van der Waals surface area contributed by atoms with E-state index in [2.05, 4.69) is 41.9 Å². The van der Waals surface area contributed by atoms with Gasteiger partial charge in [0.05, 0.1) is 12.2 Å². The number of hydrogen-bond donors (Lipinski definition) is 2. The van der Waals surface area contributed by atoms with Gasteiger partial charge in [-0.05, 0) is 48.7 Å². The van der Waals surface area contributed by atoms with Gasteiger partial charge in [-0.15, -0.1) is 0 Å². The summed E-state index contributed by atoms with van der Waals surface area (Å²) < 4.78 is 11.6. The fraction of sp³-hybridized carbons (Fsp3) is 0.222. The van der Waals surface area contributed by atoms with E-state index in [1.807, 2.05) is 57.2 Å². The van der Waals surface area contributed by atoms with Gasteiger partial charge in [0.2, 0.25) is 5.79 Å². The molecule has 0 saturated heterocycles. The van der Waals surface area contributed by atoms with Crippen LogP contribution in [-0.4, -0.2) is 23.4 Å². The number of hydrazine groups is 1. The number of ether oxygens (including phenoxy) is 2.